The molecule has 0 radical (unpaired) electrons. The quantitative estimate of drug-likeness (QED) is 0.847. The van der Waals surface area contributed by atoms with E-state index in [0.717, 1.165) is 10.6 Å². The molecule has 0 spiro atoms. The highest BCUT2D eigenvalue weighted by atomic mass is 32.2. The molecule has 0 saturated carbocycles. The summed E-state index contributed by atoms with van der Waals surface area (Å²) in [5, 5.41) is 0.857. The van der Waals surface area contributed by atoms with Gasteiger partial charge in [0.2, 0.25) is 11.8 Å². The van der Waals surface area contributed by atoms with E-state index in [1.54, 1.807) is 11.1 Å². The fraction of sp³-hybridized carbons (Fsp3) is 0.500. The second-order valence-electron chi connectivity index (χ2n) is 5.02. The first kappa shape index (κ1) is 14.8. The van der Waals surface area contributed by atoms with Gasteiger partial charge in [-0.3, -0.25) is 9.59 Å². The lowest BCUT2D eigenvalue weighted by molar-refractivity contribution is -0.132. The molecule has 0 aromatic carbocycles. The number of hydrogen-bond donors (Lipinski definition) is 1. The first-order valence-corrected chi connectivity index (χ1v) is 7.67. The van der Waals surface area contributed by atoms with Crippen LogP contribution in [-0.2, 0) is 9.59 Å². The van der Waals surface area contributed by atoms with Crippen molar-refractivity contribution >= 4 is 23.6 Å². The lowest BCUT2D eigenvalue weighted by atomic mass is 9.96. The Hall–Kier alpha value is -1.56. The third-order valence-corrected chi connectivity index (χ3v) is 4.41. The first-order valence-electron chi connectivity index (χ1n) is 6.69. The number of amides is 2. The molecule has 6 heteroatoms. The summed E-state index contributed by atoms with van der Waals surface area (Å²) >= 11 is 1.44. The topological polar surface area (TPSA) is 76.3 Å². The van der Waals surface area contributed by atoms with Crippen molar-refractivity contribution in [1.82, 2.24) is 9.88 Å². The molecule has 0 unspecified atom stereocenters. The molecule has 0 atom stereocenters. The molecule has 1 aromatic heterocycles. The number of nitrogens with two attached hydrogens (primary N) is 1. The third kappa shape index (κ3) is 3.96. The van der Waals surface area contributed by atoms with Gasteiger partial charge in [0.15, 0.2) is 0 Å². The number of pyridine rings is 1. The first-order chi connectivity index (χ1) is 9.56. The van der Waals surface area contributed by atoms with Gasteiger partial charge in [0.25, 0.3) is 0 Å². The minimum absolute atomic E-state index is 0.0783. The van der Waals surface area contributed by atoms with Crippen LogP contribution in [0.5, 0.6) is 0 Å². The van der Waals surface area contributed by atoms with E-state index in [0.29, 0.717) is 31.7 Å². The summed E-state index contributed by atoms with van der Waals surface area (Å²) in [7, 11) is 0. The molecule has 1 aliphatic rings. The maximum atomic E-state index is 12.1. The Morgan fingerprint density at radius 1 is 1.40 bits per heavy atom. The maximum Gasteiger partial charge on any atom is 0.232 e. The van der Waals surface area contributed by atoms with Crippen molar-refractivity contribution in [2.45, 2.75) is 24.8 Å². The second kappa shape index (κ2) is 6.74. The number of aromatic nitrogens is 1. The third-order valence-electron chi connectivity index (χ3n) is 3.48. The molecule has 0 bridgehead atoms. The zero-order valence-electron chi connectivity index (χ0n) is 11.5. The van der Waals surface area contributed by atoms with Gasteiger partial charge in [-0.2, -0.15) is 0 Å². The largest absolute Gasteiger partial charge is 0.369 e. The van der Waals surface area contributed by atoms with Gasteiger partial charge in [0.1, 0.15) is 0 Å². The molecule has 2 amide bonds. The predicted octanol–water partition coefficient (Wildman–Crippen LogP) is 1.21. The normalized spacial score (nSPS) is 16.1. The number of carbonyl (C=O) groups excluding carboxylic acids is 2. The van der Waals surface area contributed by atoms with Crippen molar-refractivity contribution in [2.75, 3.05) is 18.8 Å². The average Bonchev–Trinajstić information content (AvgIpc) is 2.46. The van der Waals surface area contributed by atoms with Gasteiger partial charge in [-0.05, 0) is 31.4 Å². The number of piperidine rings is 1. The van der Waals surface area contributed by atoms with Crippen molar-refractivity contribution in [3.05, 3.63) is 23.9 Å². The van der Waals surface area contributed by atoms with E-state index in [-0.39, 0.29) is 17.7 Å². The Kier molecular flexibility index (Phi) is 5.00. The van der Waals surface area contributed by atoms with E-state index in [2.05, 4.69) is 4.98 Å². The lowest BCUT2D eigenvalue weighted by Crippen LogP contribution is -2.42. The smallest absolute Gasteiger partial charge is 0.232 e. The maximum absolute atomic E-state index is 12.1. The Balaban J connectivity index is 1.78. The zero-order chi connectivity index (χ0) is 14.5. The number of thioether (sulfide) groups is 1. The number of hydrogen-bond acceptors (Lipinski definition) is 4. The van der Waals surface area contributed by atoms with Crippen molar-refractivity contribution in [2.24, 2.45) is 11.7 Å². The molecular weight excluding hydrogens is 274 g/mol. The minimum Gasteiger partial charge on any atom is -0.369 e. The summed E-state index contributed by atoms with van der Waals surface area (Å²) in [6.45, 7) is 3.22. The van der Waals surface area contributed by atoms with Crippen molar-refractivity contribution in [3.63, 3.8) is 0 Å². The van der Waals surface area contributed by atoms with Gasteiger partial charge in [0.05, 0.1) is 10.8 Å². The molecule has 5 nitrogen and oxygen atoms in total. The number of aryl methyl sites for hydroxylation is 1. The van der Waals surface area contributed by atoms with Crippen LogP contribution in [0.15, 0.2) is 23.4 Å². The molecule has 2 heterocycles. The monoisotopic (exact) mass is 293 g/mol. The minimum atomic E-state index is -0.254. The molecule has 108 valence electrons. The average molecular weight is 293 g/mol. The fourth-order valence-electron chi connectivity index (χ4n) is 2.18. The summed E-state index contributed by atoms with van der Waals surface area (Å²) in [5.41, 5.74) is 6.39. The highest BCUT2D eigenvalue weighted by Crippen LogP contribution is 2.20. The molecule has 2 rings (SSSR count). The van der Waals surface area contributed by atoms with Gasteiger partial charge in [-0.15, -0.1) is 0 Å². The molecule has 20 heavy (non-hydrogen) atoms. The standard InChI is InChI=1S/C14H19N3O2S/c1-10-2-3-12(16-8-10)20-9-13(18)17-6-4-11(5-7-17)14(15)19/h2-3,8,11H,4-7,9H2,1H3,(H2,15,19). The van der Waals surface area contributed by atoms with Crippen molar-refractivity contribution < 1.29 is 9.59 Å². The summed E-state index contributed by atoms with van der Waals surface area (Å²) in [6, 6.07) is 3.91. The van der Waals surface area contributed by atoms with Gasteiger partial charge < -0.3 is 10.6 Å². The Bertz CT molecular complexity index is 482. The Morgan fingerprint density at radius 3 is 2.65 bits per heavy atom. The van der Waals surface area contributed by atoms with E-state index in [1.165, 1.54) is 11.8 Å². The van der Waals surface area contributed by atoms with Crippen LogP contribution in [0.4, 0.5) is 0 Å². The van der Waals surface area contributed by atoms with E-state index in [4.69, 9.17) is 5.73 Å². The second-order valence-corrected chi connectivity index (χ2v) is 6.02. The van der Waals surface area contributed by atoms with E-state index in [1.807, 2.05) is 19.1 Å². The van der Waals surface area contributed by atoms with Crippen LogP contribution < -0.4 is 5.73 Å². The van der Waals surface area contributed by atoms with Crippen molar-refractivity contribution in [3.8, 4) is 0 Å². The van der Waals surface area contributed by atoms with Crippen LogP contribution in [0.1, 0.15) is 18.4 Å². The molecule has 2 N–H and O–H groups in total. The van der Waals surface area contributed by atoms with E-state index < -0.39 is 0 Å². The zero-order valence-corrected chi connectivity index (χ0v) is 12.4. The molecule has 0 aliphatic carbocycles. The number of rotatable bonds is 4. The van der Waals surface area contributed by atoms with E-state index in [9.17, 15) is 9.59 Å². The SMILES string of the molecule is Cc1ccc(SCC(=O)N2CCC(C(N)=O)CC2)nc1. The van der Waals surface area contributed by atoms with Crippen LogP contribution in [-0.4, -0.2) is 40.5 Å². The van der Waals surface area contributed by atoms with Crippen LogP contribution in [0.2, 0.25) is 0 Å². The number of primary amides is 1. The molecule has 1 aliphatic heterocycles. The molecule has 1 aromatic rings. The van der Waals surface area contributed by atoms with Gasteiger partial charge in [-0.1, -0.05) is 17.8 Å². The summed E-state index contributed by atoms with van der Waals surface area (Å²) < 4.78 is 0. The summed E-state index contributed by atoms with van der Waals surface area (Å²) in [4.78, 5) is 29.2. The predicted molar refractivity (Wildman–Crippen MR) is 78.2 cm³/mol. The van der Waals surface area contributed by atoms with Crippen LogP contribution in [0.3, 0.4) is 0 Å². The van der Waals surface area contributed by atoms with Crippen molar-refractivity contribution in [1.29, 1.82) is 0 Å². The summed E-state index contributed by atoms with van der Waals surface area (Å²) in [5.74, 6) is 0.151. The highest BCUT2D eigenvalue weighted by Gasteiger charge is 2.25. The van der Waals surface area contributed by atoms with E-state index >= 15 is 0 Å². The van der Waals surface area contributed by atoms with Gasteiger partial charge in [-0.25, -0.2) is 4.98 Å². The molecule has 1 fully saturated rings. The number of likely N-dealkylation sites (tertiary alicyclic amines) is 1. The van der Waals surface area contributed by atoms with Crippen LogP contribution >= 0.6 is 11.8 Å². The van der Waals surface area contributed by atoms with Gasteiger partial charge >= 0.3 is 0 Å². The highest BCUT2D eigenvalue weighted by molar-refractivity contribution is 7.99. The lowest BCUT2D eigenvalue weighted by Gasteiger charge is -2.30. The number of nitrogens with zero attached hydrogens (tertiary/aromatic N) is 2. The fourth-order valence-corrected chi connectivity index (χ4v) is 2.93. The van der Waals surface area contributed by atoms with Crippen LogP contribution in [0, 0.1) is 12.8 Å². The van der Waals surface area contributed by atoms with Crippen LogP contribution in [0.25, 0.3) is 0 Å². The molecular formula is C14H19N3O2S. The molecule has 1 saturated heterocycles. The Labute approximate surface area is 122 Å². The van der Waals surface area contributed by atoms with Gasteiger partial charge in [0, 0.05) is 25.2 Å². The number of carbonyl (C=O) groups is 2. The summed E-state index contributed by atoms with van der Waals surface area (Å²) in [6.07, 6.45) is 3.15. The Morgan fingerprint density at radius 2 is 2.10 bits per heavy atom.